The van der Waals surface area contributed by atoms with Crippen LogP contribution in [0.25, 0.3) is 0 Å². The van der Waals surface area contributed by atoms with Crippen LogP contribution >= 0.6 is 0 Å². The van der Waals surface area contributed by atoms with Gasteiger partial charge >= 0.3 is 6.03 Å². The van der Waals surface area contributed by atoms with Crippen LogP contribution in [0.2, 0.25) is 0 Å². The lowest BCUT2D eigenvalue weighted by Crippen LogP contribution is -2.45. The zero-order valence-electron chi connectivity index (χ0n) is 14.1. The molecule has 5 nitrogen and oxygen atoms in total. The van der Waals surface area contributed by atoms with E-state index in [0.717, 1.165) is 31.5 Å². The molecule has 0 aliphatic carbocycles. The molecule has 2 N–H and O–H groups in total. The third-order valence-corrected chi connectivity index (χ3v) is 4.33. The minimum atomic E-state index is -0.0548. The van der Waals surface area contributed by atoms with Crippen molar-refractivity contribution in [2.45, 2.75) is 39.5 Å². The lowest BCUT2D eigenvalue weighted by molar-refractivity contribution is -0.121. The van der Waals surface area contributed by atoms with Gasteiger partial charge in [-0.2, -0.15) is 0 Å². The summed E-state index contributed by atoms with van der Waals surface area (Å²) >= 11 is 0. The molecule has 1 unspecified atom stereocenters. The van der Waals surface area contributed by atoms with E-state index in [4.69, 9.17) is 0 Å². The Kier molecular flexibility index (Phi) is 6.44. The van der Waals surface area contributed by atoms with Crippen LogP contribution in [-0.4, -0.2) is 36.5 Å². The highest BCUT2D eigenvalue weighted by Crippen LogP contribution is 2.18. The number of hydrogen-bond donors (Lipinski definition) is 2. The van der Waals surface area contributed by atoms with Crippen LogP contribution in [0.3, 0.4) is 0 Å². The van der Waals surface area contributed by atoms with E-state index in [2.05, 4.69) is 17.6 Å². The molecule has 0 saturated carbocycles. The lowest BCUT2D eigenvalue weighted by Gasteiger charge is -2.32. The molecule has 1 fully saturated rings. The molecule has 0 aromatic heterocycles. The molecule has 3 amide bonds. The number of rotatable bonds is 5. The number of nitrogens with zero attached hydrogens (tertiary/aromatic N) is 1. The Morgan fingerprint density at radius 3 is 2.61 bits per heavy atom. The molecule has 2 rings (SSSR count). The number of urea groups is 1. The van der Waals surface area contributed by atoms with Gasteiger partial charge in [0.15, 0.2) is 0 Å². The Morgan fingerprint density at radius 2 is 1.96 bits per heavy atom. The number of carbonyl (C=O) groups is 2. The summed E-state index contributed by atoms with van der Waals surface area (Å²) in [6.45, 7) is 6.08. The zero-order chi connectivity index (χ0) is 16.7. The molecule has 1 aliphatic rings. The van der Waals surface area contributed by atoms with Gasteiger partial charge in [0, 0.05) is 31.7 Å². The van der Waals surface area contributed by atoms with E-state index in [0.29, 0.717) is 25.4 Å². The van der Waals surface area contributed by atoms with Crippen molar-refractivity contribution in [3.63, 3.8) is 0 Å². The molecule has 1 atom stereocenters. The van der Waals surface area contributed by atoms with Crippen molar-refractivity contribution >= 4 is 17.6 Å². The molecule has 23 heavy (non-hydrogen) atoms. The monoisotopic (exact) mass is 317 g/mol. The third-order valence-electron chi connectivity index (χ3n) is 4.33. The van der Waals surface area contributed by atoms with Crippen LogP contribution in [-0.2, 0) is 11.2 Å². The molecule has 0 spiro atoms. The fraction of sp³-hybridized carbons (Fsp3) is 0.556. The zero-order valence-corrected chi connectivity index (χ0v) is 14.1. The van der Waals surface area contributed by atoms with Crippen molar-refractivity contribution in [2.75, 3.05) is 25.0 Å². The summed E-state index contributed by atoms with van der Waals surface area (Å²) in [4.78, 5) is 25.6. The SMILES string of the molecule is CCC(=O)NCC1CCCN(C(=O)Nc2ccc(CC)cc2)C1. The quantitative estimate of drug-likeness (QED) is 0.877. The molecule has 5 heteroatoms. The molecule has 0 radical (unpaired) electrons. The second-order valence-corrected chi connectivity index (χ2v) is 6.09. The first-order valence-corrected chi connectivity index (χ1v) is 8.54. The van der Waals surface area contributed by atoms with Gasteiger partial charge in [-0.1, -0.05) is 26.0 Å². The molecular weight excluding hydrogens is 290 g/mol. The summed E-state index contributed by atoms with van der Waals surface area (Å²) < 4.78 is 0. The van der Waals surface area contributed by atoms with Gasteiger partial charge in [-0.05, 0) is 42.9 Å². The highest BCUT2D eigenvalue weighted by molar-refractivity contribution is 5.89. The molecule has 1 aliphatic heterocycles. The maximum absolute atomic E-state index is 12.4. The van der Waals surface area contributed by atoms with E-state index in [9.17, 15) is 9.59 Å². The van der Waals surface area contributed by atoms with Crippen molar-refractivity contribution in [2.24, 2.45) is 5.92 Å². The number of carbonyl (C=O) groups excluding carboxylic acids is 2. The predicted molar refractivity (Wildman–Crippen MR) is 92.4 cm³/mol. The van der Waals surface area contributed by atoms with Crippen LogP contribution in [0.4, 0.5) is 10.5 Å². The van der Waals surface area contributed by atoms with Gasteiger partial charge in [0.25, 0.3) is 0 Å². The number of piperidine rings is 1. The van der Waals surface area contributed by atoms with E-state index in [1.807, 2.05) is 36.1 Å². The first kappa shape index (κ1) is 17.3. The van der Waals surface area contributed by atoms with Gasteiger partial charge < -0.3 is 15.5 Å². The standard InChI is InChI=1S/C18H27N3O2/c1-3-14-7-9-16(10-8-14)20-18(23)21-11-5-6-15(13-21)12-19-17(22)4-2/h7-10,15H,3-6,11-13H2,1-2H3,(H,19,22)(H,20,23). The van der Waals surface area contributed by atoms with E-state index in [1.54, 1.807) is 0 Å². The van der Waals surface area contributed by atoms with Crippen molar-refractivity contribution in [1.29, 1.82) is 0 Å². The van der Waals surface area contributed by atoms with Crippen LogP contribution < -0.4 is 10.6 Å². The fourth-order valence-electron chi connectivity index (χ4n) is 2.83. The summed E-state index contributed by atoms with van der Waals surface area (Å²) in [6, 6.07) is 7.91. The molecule has 0 bridgehead atoms. The molecule has 1 aromatic carbocycles. The Hall–Kier alpha value is -2.04. The summed E-state index contributed by atoms with van der Waals surface area (Å²) in [5.41, 5.74) is 2.08. The minimum Gasteiger partial charge on any atom is -0.356 e. The third kappa shape index (κ3) is 5.27. The van der Waals surface area contributed by atoms with Gasteiger partial charge in [-0.25, -0.2) is 4.79 Å². The number of nitrogens with one attached hydrogen (secondary N) is 2. The van der Waals surface area contributed by atoms with Crippen LogP contribution in [0.5, 0.6) is 0 Å². The Morgan fingerprint density at radius 1 is 1.22 bits per heavy atom. The number of amides is 3. The minimum absolute atomic E-state index is 0.0548. The largest absolute Gasteiger partial charge is 0.356 e. The van der Waals surface area contributed by atoms with Crippen molar-refractivity contribution in [1.82, 2.24) is 10.2 Å². The molecule has 1 saturated heterocycles. The van der Waals surface area contributed by atoms with E-state index < -0.39 is 0 Å². The van der Waals surface area contributed by atoms with Crippen LogP contribution in [0.1, 0.15) is 38.7 Å². The average Bonchev–Trinajstić information content (AvgIpc) is 2.60. The Balaban J connectivity index is 1.84. The van der Waals surface area contributed by atoms with Crippen LogP contribution in [0, 0.1) is 5.92 Å². The maximum atomic E-state index is 12.4. The van der Waals surface area contributed by atoms with Crippen molar-refractivity contribution < 1.29 is 9.59 Å². The van der Waals surface area contributed by atoms with Crippen molar-refractivity contribution in [3.05, 3.63) is 29.8 Å². The van der Waals surface area contributed by atoms with Crippen molar-refractivity contribution in [3.8, 4) is 0 Å². The summed E-state index contributed by atoms with van der Waals surface area (Å²) in [5, 5.41) is 5.89. The molecular formula is C18H27N3O2. The summed E-state index contributed by atoms with van der Waals surface area (Å²) in [7, 11) is 0. The number of anilines is 1. The predicted octanol–water partition coefficient (Wildman–Crippen LogP) is 3.02. The van der Waals surface area contributed by atoms with E-state index >= 15 is 0 Å². The summed E-state index contributed by atoms with van der Waals surface area (Å²) in [6.07, 6.45) is 3.53. The highest BCUT2D eigenvalue weighted by Gasteiger charge is 2.23. The van der Waals surface area contributed by atoms with Crippen LogP contribution in [0.15, 0.2) is 24.3 Å². The van der Waals surface area contributed by atoms with Gasteiger partial charge in [0.2, 0.25) is 5.91 Å². The first-order valence-electron chi connectivity index (χ1n) is 8.54. The normalized spacial score (nSPS) is 17.7. The molecule has 1 aromatic rings. The second kappa shape index (κ2) is 8.56. The number of hydrogen-bond acceptors (Lipinski definition) is 2. The fourth-order valence-corrected chi connectivity index (χ4v) is 2.83. The number of aryl methyl sites for hydroxylation is 1. The number of benzene rings is 1. The van der Waals surface area contributed by atoms with Gasteiger partial charge in [-0.15, -0.1) is 0 Å². The van der Waals surface area contributed by atoms with E-state index in [1.165, 1.54) is 5.56 Å². The van der Waals surface area contributed by atoms with E-state index in [-0.39, 0.29) is 11.9 Å². The highest BCUT2D eigenvalue weighted by atomic mass is 16.2. The second-order valence-electron chi connectivity index (χ2n) is 6.09. The topological polar surface area (TPSA) is 61.4 Å². The Bertz CT molecular complexity index is 528. The average molecular weight is 317 g/mol. The molecule has 126 valence electrons. The van der Waals surface area contributed by atoms with Gasteiger partial charge in [0.1, 0.15) is 0 Å². The number of likely N-dealkylation sites (tertiary alicyclic amines) is 1. The first-order chi connectivity index (χ1) is 11.1. The smallest absolute Gasteiger partial charge is 0.321 e. The maximum Gasteiger partial charge on any atom is 0.321 e. The van der Waals surface area contributed by atoms with Gasteiger partial charge in [0.05, 0.1) is 0 Å². The summed E-state index contributed by atoms with van der Waals surface area (Å²) in [5.74, 6) is 0.412. The van der Waals surface area contributed by atoms with Gasteiger partial charge in [-0.3, -0.25) is 4.79 Å². The molecule has 1 heterocycles. The lowest BCUT2D eigenvalue weighted by atomic mass is 9.98. The Labute approximate surface area is 138 Å².